The summed E-state index contributed by atoms with van der Waals surface area (Å²) in [7, 11) is 0. The minimum absolute atomic E-state index is 0.670. The Kier molecular flexibility index (Phi) is 3.74. The van der Waals surface area contributed by atoms with Gasteiger partial charge in [-0.1, -0.05) is 29.4 Å². The predicted molar refractivity (Wildman–Crippen MR) is 55.5 cm³/mol. The molecule has 0 spiro atoms. The minimum atomic E-state index is -0.958. The smallest absolute Gasteiger partial charge is 0.309 e. The molecule has 0 aliphatic heterocycles. The van der Waals surface area contributed by atoms with Crippen LogP contribution in [0.5, 0.6) is 0 Å². The van der Waals surface area contributed by atoms with Crippen LogP contribution in [0.1, 0.15) is 18.1 Å². The Labute approximate surface area is 87.5 Å². The zero-order chi connectivity index (χ0) is 11.3. The second kappa shape index (κ2) is 5.05. The minimum Gasteiger partial charge on any atom is -0.309 e. The molecule has 0 saturated heterocycles. The predicted octanol–water partition coefficient (Wildman–Crippen LogP) is 1.46. The summed E-state index contributed by atoms with van der Waals surface area (Å²) in [6.07, 6.45) is 1.40. The molecule has 4 heteroatoms. The molecule has 0 fully saturated rings. The van der Waals surface area contributed by atoms with E-state index in [0.29, 0.717) is 0 Å². The van der Waals surface area contributed by atoms with Gasteiger partial charge >= 0.3 is 5.97 Å². The second-order valence-electron chi connectivity index (χ2n) is 3.03. The van der Waals surface area contributed by atoms with E-state index in [4.69, 9.17) is 0 Å². The van der Waals surface area contributed by atoms with Crippen molar-refractivity contribution in [3.63, 3.8) is 0 Å². The molecular weight excluding hydrogens is 194 g/mol. The number of benzene rings is 1. The molecule has 15 heavy (non-hydrogen) atoms. The highest BCUT2D eigenvalue weighted by molar-refractivity contribution is 6.32. The lowest BCUT2D eigenvalue weighted by molar-refractivity contribution is -0.152. The number of hydrogen-bond acceptors (Lipinski definition) is 4. The maximum atomic E-state index is 10.7. The highest BCUT2D eigenvalue weighted by Crippen LogP contribution is 2.03. The topological polar surface area (TPSA) is 55.7 Å². The van der Waals surface area contributed by atoms with Crippen LogP contribution in [0.25, 0.3) is 0 Å². The van der Waals surface area contributed by atoms with E-state index in [1.165, 1.54) is 6.21 Å². The molecule has 0 amide bonds. The molecule has 0 unspecified atom stereocenters. The zero-order valence-corrected chi connectivity index (χ0v) is 8.56. The normalized spacial score (nSPS) is 10.3. The van der Waals surface area contributed by atoms with Crippen molar-refractivity contribution >= 4 is 18.0 Å². The lowest BCUT2D eigenvalue weighted by atomic mass is 10.1. The number of aryl methyl sites for hydroxylation is 1. The van der Waals surface area contributed by atoms with Crippen molar-refractivity contribution in [2.75, 3.05) is 0 Å². The summed E-state index contributed by atoms with van der Waals surface area (Å²) >= 11 is 0. The van der Waals surface area contributed by atoms with E-state index in [1.54, 1.807) is 0 Å². The number of carbonyl (C=O) groups excluding carboxylic acids is 2. The zero-order valence-electron chi connectivity index (χ0n) is 8.56. The van der Waals surface area contributed by atoms with Crippen LogP contribution in [-0.4, -0.2) is 18.0 Å². The Balaban J connectivity index is 2.63. The molecular formula is C11H11NO3. The highest BCUT2D eigenvalue weighted by Gasteiger charge is 2.07. The summed E-state index contributed by atoms with van der Waals surface area (Å²) in [5.74, 6) is -1.63. The summed E-state index contributed by atoms with van der Waals surface area (Å²) in [5, 5.41) is 3.43. The molecule has 1 aromatic carbocycles. The van der Waals surface area contributed by atoms with Crippen LogP contribution in [0.15, 0.2) is 29.4 Å². The summed E-state index contributed by atoms with van der Waals surface area (Å²) < 4.78 is 0. The van der Waals surface area contributed by atoms with Crippen LogP contribution in [-0.2, 0) is 14.4 Å². The SMILES string of the molecule is CC(=O)C(=O)O/N=C\c1ccccc1C. The van der Waals surface area contributed by atoms with Gasteiger partial charge in [0.15, 0.2) is 0 Å². The quantitative estimate of drug-likeness (QED) is 0.325. The summed E-state index contributed by atoms with van der Waals surface area (Å²) in [6, 6.07) is 7.49. The average molecular weight is 205 g/mol. The standard InChI is InChI=1S/C11H11NO3/c1-8-5-3-4-6-10(8)7-12-15-11(14)9(2)13/h3-7H,1-2H3/b12-7-. The molecule has 78 valence electrons. The summed E-state index contributed by atoms with van der Waals surface area (Å²) in [4.78, 5) is 25.6. The molecule has 0 radical (unpaired) electrons. The van der Waals surface area contributed by atoms with Gasteiger partial charge in [0.05, 0.1) is 6.21 Å². The van der Waals surface area contributed by atoms with Gasteiger partial charge in [0.2, 0.25) is 5.78 Å². The van der Waals surface area contributed by atoms with E-state index in [1.807, 2.05) is 31.2 Å². The van der Waals surface area contributed by atoms with Crippen molar-refractivity contribution in [3.05, 3.63) is 35.4 Å². The van der Waals surface area contributed by atoms with Gasteiger partial charge in [-0.3, -0.25) is 4.79 Å². The van der Waals surface area contributed by atoms with Gasteiger partial charge in [0, 0.05) is 6.92 Å². The van der Waals surface area contributed by atoms with Gasteiger partial charge in [0.25, 0.3) is 0 Å². The summed E-state index contributed by atoms with van der Waals surface area (Å²) in [5.41, 5.74) is 1.86. The van der Waals surface area contributed by atoms with E-state index in [2.05, 4.69) is 9.99 Å². The molecule has 0 aromatic heterocycles. The van der Waals surface area contributed by atoms with Gasteiger partial charge in [-0.2, -0.15) is 0 Å². The number of rotatable bonds is 3. The lowest BCUT2D eigenvalue weighted by Crippen LogP contribution is -2.10. The molecule has 0 saturated carbocycles. The number of hydrogen-bond donors (Lipinski definition) is 0. The Bertz CT molecular complexity index is 410. The maximum Gasteiger partial charge on any atom is 0.400 e. The number of Topliss-reactive ketones (excluding diaryl/α,β-unsaturated/α-hetero) is 1. The lowest BCUT2D eigenvalue weighted by Gasteiger charge is -1.97. The number of carbonyl (C=O) groups is 2. The second-order valence-corrected chi connectivity index (χ2v) is 3.03. The molecule has 0 aliphatic carbocycles. The Morgan fingerprint density at radius 2 is 2.00 bits per heavy atom. The molecule has 0 heterocycles. The molecule has 0 atom stereocenters. The van der Waals surface area contributed by atoms with Crippen LogP contribution < -0.4 is 0 Å². The van der Waals surface area contributed by atoms with E-state index < -0.39 is 11.8 Å². The Hall–Kier alpha value is -1.97. The fraction of sp³-hybridized carbons (Fsp3) is 0.182. The average Bonchev–Trinajstić information content (AvgIpc) is 2.20. The third-order valence-corrected chi connectivity index (χ3v) is 1.80. The van der Waals surface area contributed by atoms with Crippen LogP contribution >= 0.6 is 0 Å². The van der Waals surface area contributed by atoms with E-state index in [0.717, 1.165) is 18.1 Å². The van der Waals surface area contributed by atoms with Crippen molar-refractivity contribution in [1.29, 1.82) is 0 Å². The van der Waals surface area contributed by atoms with Gasteiger partial charge in [-0.25, -0.2) is 4.79 Å². The van der Waals surface area contributed by atoms with E-state index >= 15 is 0 Å². The fourth-order valence-electron chi connectivity index (χ4n) is 0.927. The van der Waals surface area contributed by atoms with Crippen LogP contribution in [0.2, 0.25) is 0 Å². The van der Waals surface area contributed by atoms with Crippen LogP contribution in [0.4, 0.5) is 0 Å². The van der Waals surface area contributed by atoms with Gasteiger partial charge in [0.1, 0.15) is 0 Å². The van der Waals surface area contributed by atoms with Crippen molar-refractivity contribution in [3.8, 4) is 0 Å². The van der Waals surface area contributed by atoms with Crippen molar-refractivity contribution in [1.82, 2.24) is 0 Å². The van der Waals surface area contributed by atoms with Crippen molar-refractivity contribution in [2.45, 2.75) is 13.8 Å². The number of ketones is 1. The highest BCUT2D eigenvalue weighted by atomic mass is 16.7. The van der Waals surface area contributed by atoms with Gasteiger partial charge in [-0.05, 0) is 18.1 Å². The Morgan fingerprint density at radius 1 is 1.33 bits per heavy atom. The van der Waals surface area contributed by atoms with E-state index in [9.17, 15) is 9.59 Å². The largest absolute Gasteiger partial charge is 0.400 e. The molecule has 0 N–H and O–H groups in total. The Morgan fingerprint density at radius 3 is 2.60 bits per heavy atom. The maximum absolute atomic E-state index is 10.7. The van der Waals surface area contributed by atoms with E-state index in [-0.39, 0.29) is 0 Å². The number of nitrogens with zero attached hydrogens (tertiary/aromatic N) is 1. The first-order valence-corrected chi connectivity index (χ1v) is 4.42. The monoisotopic (exact) mass is 205 g/mol. The van der Waals surface area contributed by atoms with Crippen molar-refractivity contribution in [2.24, 2.45) is 5.16 Å². The third kappa shape index (κ3) is 3.34. The molecule has 0 aliphatic rings. The van der Waals surface area contributed by atoms with Crippen LogP contribution in [0, 0.1) is 6.92 Å². The number of oxime groups is 1. The molecule has 1 rings (SSSR count). The van der Waals surface area contributed by atoms with Crippen molar-refractivity contribution < 1.29 is 14.4 Å². The first-order valence-electron chi connectivity index (χ1n) is 4.42. The molecule has 1 aromatic rings. The fourth-order valence-corrected chi connectivity index (χ4v) is 0.927. The van der Waals surface area contributed by atoms with Crippen LogP contribution in [0.3, 0.4) is 0 Å². The first-order chi connectivity index (χ1) is 7.11. The molecule has 4 nitrogen and oxygen atoms in total. The van der Waals surface area contributed by atoms with Gasteiger partial charge in [-0.15, -0.1) is 0 Å². The van der Waals surface area contributed by atoms with Gasteiger partial charge < -0.3 is 4.84 Å². The first kappa shape index (κ1) is 11.1. The summed E-state index contributed by atoms with van der Waals surface area (Å²) in [6.45, 7) is 3.04. The molecule has 0 bridgehead atoms. The third-order valence-electron chi connectivity index (χ3n) is 1.80.